The fourth-order valence-corrected chi connectivity index (χ4v) is 17.3. The molecule has 0 radical (unpaired) electrons. The first-order chi connectivity index (χ1) is 10.4. The smallest absolute Gasteiger partial charge is 0.123 e. The Morgan fingerprint density at radius 2 is 1.50 bits per heavy atom. The summed E-state index contributed by atoms with van der Waals surface area (Å²) in [4.78, 5) is 0. The zero-order valence-electron chi connectivity index (χ0n) is 13.5. The third-order valence-electron chi connectivity index (χ3n) is 4.25. The van der Waals surface area contributed by atoms with Crippen LogP contribution in [0.1, 0.15) is 0 Å². The van der Waals surface area contributed by atoms with Crippen molar-refractivity contribution in [1.29, 1.82) is 0 Å². The summed E-state index contributed by atoms with van der Waals surface area (Å²) in [5.74, 6) is -0.188. The molecule has 0 heterocycles. The average Bonchev–Trinajstić information content (AvgIpc) is 2.48. The van der Waals surface area contributed by atoms with Crippen molar-refractivity contribution in [2.75, 3.05) is 5.50 Å². The van der Waals surface area contributed by atoms with Gasteiger partial charge in [0.05, 0.1) is 16.1 Å². The molecule has 1 aromatic carbocycles. The molecule has 0 saturated carbocycles. The van der Waals surface area contributed by atoms with E-state index in [2.05, 4.69) is 26.3 Å². The van der Waals surface area contributed by atoms with Crippen LogP contribution in [0.4, 0.5) is 4.39 Å². The lowest BCUT2D eigenvalue weighted by Gasteiger charge is -2.38. The molecule has 0 nitrogen and oxygen atoms in total. The maximum atomic E-state index is 13.3. The SMILES string of the molecule is C=CC[Si](C)(CCl)C[Si](CC=C)(CC=C)c1ccc(F)cc1. The predicted octanol–water partition coefficient (Wildman–Crippen LogP) is 5.44. The van der Waals surface area contributed by atoms with E-state index < -0.39 is 16.1 Å². The van der Waals surface area contributed by atoms with Gasteiger partial charge in [0.25, 0.3) is 0 Å². The molecule has 0 amide bonds. The Morgan fingerprint density at radius 3 is 1.91 bits per heavy atom. The summed E-state index contributed by atoms with van der Waals surface area (Å²) in [6.45, 7) is 14.2. The minimum atomic E-state index is -1.86. The lowest BCUT2D eigenvalue weighted by atomic mass is 10.3. The van der Waals surface area contributed by atoms with Gasteiger partial charge >= 0.3 is 0 Å². The van der Waals surface area contributed by atoms with Crippen molar-refractivity contribution < 1.29 is 4.39 Å². The lowest BCUT2D eigenvalue weighted by Crippen LogP contribution is -2.54. The van der Waals surface area contributed by atoms with E-state index in [1.807, 2.05) is 30.4 Å². The zero-order valence-corrected chi connectivity index (χ0v) is 16.2. The Morgan fingerprint density at radius 1 is 1.00 bits per heavy atom. The predicted molar refractivity (Wildman–Crippen MR) is 104 cm³/mol. The normalized spacial score (nSPS) is 14.1. The lowest BCUT2D eigenvalue weighted by molar-refractivity contribution is 0.628. The van der Waals surface area contributed by atoms with Gasteiger partial charge in [-0.05, 0) is 30.3 Å². The molecule has 120 valence electrons. The molecule has 1 atom stereocenters. The second kappa shape index (κ2) is 8.65. The van der Waals surface area contributed by atoms with Crippen molar-refractivity contribution in [1.82, 2.24) is 0 Å². The van der Waals surface area contributed by atoms with E-state index in [1.54, 1.807) is 12.1 Å². The van der Waals surface area contributed by atoms with Crippen LogP contribution in [0.5, 0.6) is 0 Å². The Hall–Kier alpha value is -0.906. The summed E-state index contributed by atoms with van der Waals surface area (Å²) < 4.78 is 13.3. The number of hydrogen-bond donors (Lipinski definition) is 0. The Balaban J connectivity index is 3.30. The second-order valence-corrected chi connectivity index (χ2v) is 16.9. The van der Waals surface area contributed by atoms with Crippen LogP contribution < -0.4 is 5.19 Å². The third kappa shape index (κ3) is 4.80. The van der Waals surface area contributed by atoms with E-state index in [1.165, 1.54) is 5.19 Å². The standard InChI is InChI=1S/C18H26ClFSi2/c1-5-12-21(4,15-19)16-22(13-6-2,14-7-3)18-10-8-17(20)9-11-18/h5-11H,1-3,12-16H2,4H3. The maximum Gasteiger partial charge on any atom is 0.123 e. The first-order valence-electron chi connectivity index (χ1n) is 7.60. The van der Waals surface area contributed by atoms with E-state index in [-0.39, 0.29) is 5.82 Å². The van der Waals surface area contributed by atoms with Crippen molar-refractivity contribution in [2.45, 2.75) is 30.3 Å². The highest BCUT2D eigenvalue weighted by atomic mass is 35.5. The van der Waals surface area contributed by atoms with E-state index in [9.17, 15) is 4.39 Å². The van der Waals surface area contributed by atoms with Crippen molar-refractivity contribution in [3.8, 4) is 0 Å². The molecule has 0 N–H and O–H groups in total. The monoisotopic (exact) mass is 352 g/mol. The molecule has 1 unspecified atom stereocenters. The van der Waals surface area contributed by atoms with Gasteiger partial charge in [0.2, 0.25) is 0 Å². The van der Waals surface area contributed by atoms with Gasteiger partial charge < -0.3 is 0 Å². The number of alkyl halides is 1. The van der Waals surface area contributed by atoms with Gasteiger partial charge in [0.15, 0.2) is 0 Å². The van der Waals surface area contributed by atoms with Crippen LogP contribution in [0.3, 0.4) is 0 Å². The molecule has 22 heavy (non-hydrogen) atoms. The van der Waals surface area contributed by atoms with Gasteiger partial charge in [0.1, 0.15) is 5.82 Å². The van der Waals surface area contributed by atoms with E-state index in [0.29, 0.717) is 0 Å². The fourth-order valence-electron chi connectivity index (χ4n) is 3.26. The summed E-state index contributed by atoms with van der Waals surface area (Å²) >= 11 is 6.33. The van der Waals surface area contributed by atoms with Crippen molar-refractivity contribution in [2.24, 2.45) is 0 Å². The van der Waals surface area contributed by atoms with E-state index in [0.717, 1.165) is 29.3 Å². The van der Waals surface area contributed by atoms with Crippen LogP contribution in [0.15, 0.2) is 62.2 Å². The maximum absolute atomic E-state index is 13.3. The molecule has 0 aliphatic rings. The summed E-state index contributed by atoms with van der Waals surface area (Å²) in [5, 5.41) is 1.28. The largest absolute Gasteiger partial charge is 0.207 e. The Bertz CT molecular complexity index is 502. The summed E-state index contributed by atoms with van der Waals surface area (Å²) in [6, 6.07) is 9.99. The molecule has 0 saturated heterocycles. The van der Waals surface area contributed by atoms with E-state index in [4.69, 9.17) is 11.6 Å². The molecule has 1 aromatic rings. The van der Waals surface area contributed by atoms with Gasteiger partial charge in [-0.3, -0.25) is 0 Å². The van der Waals surface area contributed by atoms with Gasteiger partial charge in [-0.2, -0.15) is 0 Å². The molecule has 4 heteroatoms. The van der Waals surface area contributed by atoms with Crippen molar-refractivity contribution in [3.63, 3.8) is 0 Å². The number of rotatable bonds is 10. The molecule has 0 aromatic heterocycles. The number of hydrogen-bond acceptors (Lipinski definition) is 0. The summed E-state index contributed by atoms with van der Waals surface area (Å²) in [5.41, 5.74) is 1.88. The molecular weight excluding hydrogens is 327 g/mol. The Labute approximate surface area is 141 Å². The topological polar surface area (TPSA) is 0 Å². The quantitative estimate of drug-likeness (QED) is 0.299. The second-order valence-electron chi connectivity index (χ2n) is 6.39. The molecule has 0 bridgehead atoms. The molecule has 0 aliphatic carbocycles. The van der Waals surface area contributed by atoms with Crippen LogP contribution in [0, 0.1) is 5.82 Å². The first-order valence-corrected chi connectivity index (χ1v) is 13.9. The van der Waals surface area contributed by atoms with Gasteiger partial charge in [-0.15, -0.1) is 31.3 Å². The van der Waals surface area contributed by atoms with Crippen LogP contribution in [-0.2, 0) is 0 Å². The molecule has 1 rings (SSSR count). The highest BCUT2D eigenvalue weighted by molar-refractivity contribution is 7.05. The van der Waals surface area contributed by atoms with Crippen LogP contribution in [-0.4, -0.2) is 21.7 Å². The molecule has 0 aliphatic heterocycles. The number of allylic oxidation sites excluding steroid dienone is 3. The summed E-state index contributed by atoms with van der Waals surface area (Å²) in [7, 11) is -3.47. The molecule has 0 spiro atoms. The van der Waals surface area contributed by atoms with E-state index >= 15 is 0 Å². The molecule has 0 fully saturated rings. The Kier molecular flexibility index (Phi) is 7.53. The first kappa shape index (κ1) is 19.1. The highest BCUT2D eigenvalue weighted by Crippen LogP contribution is 2.31. The number of benzene rings is 1. The minimum Gasteiger partial charge on any atom is -0.207 e. The van der Waals surface area contributed by atoms with Crippen LogP contribution >= 0.6 is 11.6 Å². The van der Waals surface area contributed by atoms with Crippen molar-refractivity contribution in [3.05, 3.63) is 68.0 Å². The minimum absolute atomic E-state index is 0.188. The molecular formula is C18H26ClFSi2. The zero-order chi connectivity index (χ0) is 16.6. The third-order valence-corrected chi connectivity index (χ3v) is 17.9. The van der Waals surface area contributed by atoms with Crippen LogP contribution in [0.25, 0.3) is 0 Å². The fraction of sp³-hybridized carbons (Fsp3) is 0.333. The summed E-state index contributed by atoms with van der Waals surface area (Å²) in [6.07, 6.45) is 6.02. The van der Waals surface area contributed by atoms with Gasteiger partial charge in [-0.25, -0.2) is 4.39 Å². The highest BCUT2D eigenvalue weighted by Gasteiger charge is 2.40. The van der Waals surface area contributed by atoms with Gasteiger partial charge in [-0.1, -0.05) is 47.8 Å². The average molecular weight is 353 g/mol. The van der Waals surface area contributed by atoms with Gasteiger partial charge in [0, 0.05) is 5.50 Å². The number of halogens is 2. The van der Waals surface area contributed by atoms with Crippen molar-refractivity contribution >= 4 is 32.9 Å². The van der Waals surface area contributed by atoms with Crippen LogP contribution in [0.2, 0.25) is 30.3 Å².